The summed E-state index contributed by atoms with van der Waals surface area (Å²) in [5.74, 6) is 0. The minimum absolute atomic E-state index is 0.375. The van der Waals surface area contributed by atoms with Crippen LogP contribution in [0.1, 0.15) is 16.6 Å². The Morgan fingerprint density at radius 2 is 2.27 bits per heavy atom. The minimum Gasteiger partial charge on any atom is -0.312 e. The molecule has 3 heteroatoms. The first kappa shape index (κ1) is 10.3. The molecule has 1 N–H and O–H groups in total. The molecular weight excluding hydrogens is 204 g/mol. The van der Waals surface area contributed by atoms with Gasteiger partial charge in [-0.25, -0.2) is 0 Å². The molecule has 0 aliphatic heterocycles. The molecule has 2 rings (SSSR count). The van der Waals surface area contributed by atoms with E-state index in [0.717, 1.165) is 12.1 Å². The van der Waals surface area contributed by atoms with Crippen LogP contribution >= 0.6 is 11.3 Å². The normalized spacial score (nSPS) is 12.6. The molecule has 78 valence electrons. The van der Waals surface area contributed by atoms with Gasteiger partial charge in [0.25, 0.3) is 0 Å². The van der Waals surface area contributed by atoms with Gasteiger partial charge in [0.2, 0.25) is 0 Å². The van der Waals surface area contributed by atoms with Crippen LogP contribution < -0.4 is 5.32 Å². The Balaban J connectivity index is 2.10. The van der Waals surface area contributed by atoms with Gasteiger partial charge in [-0.3, -0.25) is 4.98 Å². The average Bonchev–Trinajstić information content (AvgIpc) is 2.81. The van der Waals surface area contributed by atoms with Gasteiger partial charge in [-0.15, -0.1) is 11.3 Å². The van der Waals surface area contributed by atoms with Gasteiger partial charge in [0.05, 0.1) is 0 Å². The van der Waals surface area contributed by atoms with Crippen LogP contribution in [0.2, 0.25) is 0 Å². The summed E-state index contributed by atoms with van der Waals surface area (Å²) in [7, 11) is 1.99. The predicted octanol–water partition coefficient (Wildman–Crippen LogP) is 2.65. The quantitative estimate of drug-likeness (QED) is 0.853. The molecule has 0 aliphatic carbocycles. The number of thiophene rings is 1. The van der Waals surface area contributed by atoms with Crippen molar-refractivity contribution in [3.8, 4) is 0 Å². The van der Waals surface area contributed by atoms with E-state index in [9.17, 15) is 0 Å². The molecule has 0 radical (unpaired) electrons. The number of hydrogen-bond donors (Lipinski definition) is 1. The summed E-state index contributed by atoms with van der Waals surface area (Å²) in [5, 5.41) is 5.43. The van der Waals surface area contributed by atoms with Crippen LogP contribution in [0.4, 0.5) is 0 Å². The standard InChI is InChI=1S/C12H14N2S/c1-13-11(12-6-4-8-15-12)9-10-5-2-3-7-14-10/h2-8,11,13H,9H2,1H3. The van der Waals surface area contributed by atoms with E-state index in [2.05, 4.69) is 33.9 Å². The number of pyridine rings is 1. The maximum absolute atomic E-state index is 4.34. The van der Waals surface area contributed by atoms with Gasteiger partial charge in [0, 0.05) is 29.2 Å². The second-order valence-electron chi connectivity index (χ2n) is 3.38. The maximum Gasteiger partial charge on any atom is 0.0468 e. The summed E-state index contributed by atoms with van der Waals surface area (Å²) in [4.78, 5) is 5.71. The molecule has 2 nitrogen and oxygen atoms in total. The lowest BCUT2D eigenvalue weighted by Crippen LogP contribution is -2.18. The van der Waals surface area contributed by atoms with E-state index in [4.69, 9.17) is 0 Å². The topological polar surface area (TPSA) is 24.9 Å². The monoisotopic (exact) mass is 218 g/mol. The fraction of sp³-hybridized carbons (Fsp3) is 0.250. The summed E-state index contributed by atoms with van der Waals surface area (Å²) in [5.41, 5.74) is 1.13. The lowest BCUT2D eigenvalue weighted by molar-refractivity contribution is 0.594. The molecule has 0 bridgehead atoms. The van der Waals surface area contributed by atoms with Crippen LogP contribution in [0.3, 0.4) is 0 Å². The minimum atomic E-state index is 0.375. The molecule has 15 heavy (non-hydrogen) atoms. The molecule has 1 unspecified atom stereocenters. The van der Waals surface area contributed by atoms with Crippen molar-refractivity contribution in [3.63, 3.8) is 0 Å². The Morgan fingerprint density at radius 1 is 1.33 bits per heavy atom. The van der Waals surface area contributed by atoms with E-state index in [1.807, 2.05) is 25.4 Å². The molecule has 0 amide bonds. The summed E-state index contributed by atoms with van der Waals surface area (Å²) in [6.07, 6.45) is 2.79. The third kappa shape index (κ3) is 2.64. The van der Waals surface area contributed by atoms with Crippen molar-refractivity contribution < 1.29 is 0 Å². The summed E-state index contributed by atoms with van der Waals surface area (Å²) in [6, 6.07) is 10.7. The number of aromatic nitrogens is 1. The van der Waals surface area contributed by atoms with E-state index < -0.39 is 0 Å². The van der Waals surface area contributed by atoms with Crippen molar-refractivity contribution >= 4 is 11.3 Å². The first-order chi connectivity index (χ1) is 7.40. The van der Waals surface area contributed by atoms with E-state index >= 15 is 0 Å². The smallest absolute Gasteiger partial charge is 0.0468 e. The first-order valence-electron chi connectivity index (χ1n) is 5.00. The molecule has 2 aromatic heterocycles. The second kappa shape index (κ2) is 5.05. The van der Waals surface area contributed by atoms with Crippen molar-refractivity contribution in [2.45, 2.75) is 12.5 Å². The van der Waals surface area contributed by atoms with Crippen LogP contribution in [0, 0.1) is 0 Å². The highest BCUT2D eigenvalue weighted by molar-refractivity contribution is 7.10. The van der Waals surface area contributed by atoms with Crippen molar-refractivity contribution in [2.75, 3.05) is 7.05 Å². The second-order valence-corrected chi connectivity index (χ2v) is 4.36. The van der Waals surface area contributed by atoms with Gasteiger partial charge in [0.1, 0.15) is 0 Å². The lowest BCUT2D eigenvalue weighted by atomic mass is 10.1. The number of nitrogens with one attached hydrogen (secondary N) is 1. The van der Waals surface area contributed by atoms with Crippen LogP contribution in [-0.2, 0) is 6.42 Å². The highest BCUT2D eigenvalue weighted by Gasteiger charge is 2.10. The first-order valence-corrected chi connectivity index (χ1v) is 5.88. The van der Waals surface area contributed by atoms with E-state index in [0.29, 0.717) is 6.04 Å². The highest BCUT2D eigenvalue weighted by atomic mass is 32.1. The van der Waals surface area contributed by atoms with E-state index in [1.165, 1.54) is 4.88 Å². The number of rotatable bonds is 4. The molecule has 2 heterocycles. The summed E-state index contributed by atoms with van der Waals surface area (Å²) in [6.45, 7) is 0. The number of likely N-dealkylation sites (N-methyl/N-ethyl adjacent to an activating group) is 1. The van der Waals surface area contributed by atoms with Crippen molar-refractivity contribution in [2.24, 2.45) is 0 Å². The third-order valence-corrected chi connectivity index (χ3v) is 3.36. The molecular formula is C12H14N2S. The maximum atomic E-state index is 4.34. The molecule has 0 saturated carbocycles. The van der Waals surface area contributed by atoms with Crippen molar-refractivity contribution in [1.82, 2.24) is 10.3 Å². The zero-order chi connectivity index (χ0) is 10.5. The molecule has 0 aliphatic rings. The van der Waals surface area contributed by atoms with Crippen LogP contribution in [-0.4, -0.2) is 12.0 Å². The number of nitrogens with zero attached hydrogens (tertiary/aromatic N) is 1. The molecule has 0 spiro atoms. The molecule has 0 aromatic carbocycles. The SMILES string of the molecule is CNC(Cc1ccccn1)c1cccs1. The molecule has 0 fully saturated rings. The van der Waals surface area contributed by atoms with Gasteiger partial charge >= 0.3 is 0 Å². The third-order valence-electron chi connectivity index (χ3n) is 2.37. The Hall–Kier alpha value is -1.19. The predicted molar refractivity (Wildman–Crippen MR) is 64.1 cm³/mol. The lowest BCUT2D eigenvalue weighted by Gasteiger charge is -2.13. The van der Waals surface area contributed by atoms with Crippen molar-refractivity contribution in [3.05, 3.63) is 52.5 Å². The highest BCUT2D eigenvalue weighted by Crippen LogP contribution is 2.21. The van der Waals surface area contributed by atoms with Crippen LogP contribution in [0.5, 0.6) is 0 Å². The Kier molecular flexibility index (Phi) is 3.48. The van der Waals surface area contributed by atoms with E-state index in [-0.39, 0.29) is 0 Å². The fourth-order valence-electron chi connectivity index (χ4n) is 1.56. The Labute approximate surface area is 94.0 Å². The average molecular weight is 218 g/mol. The zero-order valence-corrected chi connectivity index (χ0v) is 9.50. The van der Waals surface area contributed by atoms with Crippen LogP contribution in [0.25, 0.3) is 0 Å². The van der Waals surface area contributed by atoms with Gasteiger partial charge in [-0.2, -0.15) is 0 Å². The molecule has 0 saturated heterocycles. The summed E-state index contributed by atoms with van der Waals surface area (Å²) < 4.78 is 0. The van der Waals surface area contributed by atoms with E-state index in [1.54, 1.807) is 11.3 Å². The Bertz CT molecular complexity index is 383. The zero-order valence-electron chi connectivity index (χ0n) is 8.68. The number of hydrogen-bond acceptors (Lipinski definition) is 3. The Morgan fingerprint density at radius 3 is 2.87 bits per heavy atom. The van der Waals surface area contributed by atoms with Gasteiger partial charge in [0.15, 0.2) is 0 Å². The van der Waals surface area contributed by atoms with Crippen LogP contribution in [0.15, 0.2) is 41.9 Å². The van der Waals surface area contributed by atoms with Gasteiger partial charge in [-0.05, 0) is 30.6 Å². The fourth-order valence-corrected chi connectivity index (χ4v) is 2.40. The van der Waals surface area contributed by atoms with Gasteiger partial charge in [-0.1, -0.05) is 12.1 Å². The molecule has 1 atom stereocenters. The largest absolute Gasteiger partial charge is 0.312 e. The summed E-state index contributed by atoms with van der Waals surface area (Å²) >= 11 is 1.78. The molecule has 2 aromatic rings. The van der Waals surface area contributed by atoms with Gasteiger partial charge < -0.3 is 5.32 Å². The van der Waals surface area contributed by atoms with Crippen molar-refractivity contribution in [1.29, 1.82) is 0 Å².